The second-order valence-corrected chi connectivity index (χ2v) is 6.06. The van der Waals surface area contributed by atoms with Gasteiger partial charge < -0.3 is 10.1 Å². The summed E-state index contributed by atoms with van der Waals surface area (Å²) in [6, 6.07) is 9.29. The van der Waals surface area contributed by atoms with Crippen LogP contribution in [0, 0.1) is 11.6 Å². The quantitative estimate of drug-likeness (QED) is 0.852. The fourth-order valence-corrected chi connectivity index (χ4v) is 3.35. The van der Waals surface area contributed by atoms with Crippen molar-refractivity contribution in [3.63, 3.8) is 0 Å². The lowest BCUT2D eigenvalue weighted by molar-refractivity contribution is -0.133. The Balaban J connectivity index is 1.71. The maximum atomic E-state index is 13.9. The number of rotatable bonds is 2. The standard InChI is InChI=1S/C18H14F2N2O3/c19-12-5-6-14(20)11(9-12)10-22-16(23)18(21-17(22)24)7-8-25-15-4-2-1-3-13(15)18/h1-6,9H,7-8,10H2,(H,21,24)/t18-/m0/s1. The van der Waals surface area contributed by atoms with Crippen molar-refractivity contribution < 1.29 is 23.1 Å². The molecule has 1 spiro atoms. The van der Waals surface area contributed by atoms with E-state index >= 15 is 0 Å². The van der Waals surface area contributed by atoms with Gasteiger partial charge in [0.1, 0.15) is 17.4 Å². The molecule has 128 valence electrons. The van der Waals surface area contributed by atoms with Crippen LogP contribution in [-0.4, -0.2) is 23.4 Å². The number of carbonyl (C=O) groups is 2. The van der Waals surface area contributed by atoms with Gasteiger partial charge in [0, 0.05) is 17.5 Å². The topological polar surface area (TPSA) is 58.6 Å². The first-order valence-electron chi connectivity index (χ1n) is 7.81. The van der Waals surface area contributed by atoms with Gasteiger partial charge in [0.25, 0.3) is 5.91 Å². The summed E-state index contributed by atoms with van der Waals surface area (Å²) < 4.78 is 32.8. The molecule has 2 aliphatic heterocycles. The fourth-order valence-electron chi connectivity index (χ4n) is 3.35. The van der Waals surface area contributed by atoms with E-state index in [1.54, 1.807) is 24.3 Å². The average molecular weight is 344 g/mol. The molecule has 0 saturated carbocycles. The Kier molecular flexibility index (Phi) is 3.45. The van der Waals surface area contributed by atoms with Gasteiger partial charge in [0.2, 0.25) is 0 Å². The molecular weight excluding hydrogens is 330 g/mol. The Hall–Kier alpha value is -2.96. The van der Waals surface area contributed by atoms with E-state index in [1.807, 2.05) is 0 Å². The molecule has 2 aliphatic rings. The number of hydrogen-bond acceptors (Lipinski definition) is 3. The Morgan fingerprint density at radius 3 is 2.80 bits per heavy atom. The highest BCUT2D eigenvalue weighted by atomic mass is 19.1. The molecule has 1 N–H and O–H groups in total. The van der Waals surface area contributed by atoms with Crippen LogP contribution in [-0.2, 0) is 16.9 Å². The molecule has 0 aromatic heterocycles. The highest BCUT2D eigenvalue weighted by molar-refractivity contribution is 6.07. The normalized spacial score (nSPS) is 21.9. The van der Waals surface area contributed by atoms with Gasteiger partial charge >= 0.3 is 6.03 Å². The van der Waals surface area contributed by atoms with Crippen LogP contribution in [0.5, 0.6) is 5.75 Å². The maximum Gasteiger partial charge on any atom is 0.325 e. The summed E-state index contributed by atoms with van der Waals surface area (Å²) in [4.78, 5) is 26.3. The molecule has 2 heterocycles. The lowest BCUT2D eigenvalue weighted by atomic mass is 9.84. The smallest absolute Gasteiger partial charge is 0.325 e. The minimum atomic E-state index is -1.23. The van der Waals surface area contributed by atoms with Crippen LogP contribution >= 0.6 is 0 Å². The number of urea groups is 1. The first kappa shape index (κ1) is 15.6. The van der Waals surface area contributed by atoms with Crippen LogP contribution in [0.4, 0.5) is 13.6 Å². The van der Waals surface area contributed by atoms with Gasteiger partial charge in [0.15, 0.2) is 5.54 Å². The Morgan fingerprint density at radius 2 is 1.96 bits per heavy atom. The summed E-state index contributed by atoms with van der Waals surface area (Å²) in [5, 5.41) is 2.72. The van der Waals surface area contributed by atoms with Crippen molar-refractivity contribution >= 4 is 11.9 Å². The van der Waals surface area contributed by atoms with Gasteiger partial charge in [-0.2, -0.15) is 0 Å². The van der Waals surface area contributed by atoms with Crippen LogP contribution < -0.4 is 10.1 Å². The summed E-state index contributed by atoms with van der Waals surface area (Å²) in [5.41, 5.74) is -0.710. The molecule has 2 aromatic rings. The molecule has 25 heavy (non-hydrogen) atoms. The minimum absolute atomic E-state index is 0.0547. The largest absolute Gasteiger partial charge is 0.493 e. The molecule has 1 fully saturated rings. The number of carbonyl (C=O) groups excluding carboxylic acids is 2. The van der Waals surface area contributed by atoms with Gasteiger partial charge in [-0.25, -0.2) is 13.6 Å². The summed E-state index contributed by atoms with van der Waals surface area (Å²) in [7, 11) is 0. The number of fused-ring (bicyclic) bond motifs is 2. The van der Waals surface area contributed by atoms with E-state index in [0.29, 0.717) is 11.3 Å². The Labute approximate surface area is 142 Å². The zero-order valence-corrected chi connectivity index (χ0v) is 13.1. The van der Waals surface area contributed by atoms with Gasteiger partial charge in [-0.1, -0.05) is 18.2 Å². The van der Waals surface area contributed by atoms with E-state index in [9.17, 15) is 18.4 Å². The van der Waals surface area contributed by atoms with Crippen molar-refractivity contribution in [3.05, 3.63) is 65.2 Å². The third-order valence-electron chi connectivity index (χ3n) is 4.59. The Morgan fingerprint density at radius 1 is 1.16 bits per heavy atom. The van der Waals surface area contributed by atoms with E-state index in [0.717, 1.165) is 23.1 Å². The molecule has 1 saturated heterocycles. The molecule has 2 aromatic carbocycles. The molecule has 0 bridgehead atoms. The second-order valence-electron chi connectivity index (χ2n) is 6.06. The summed E-state index contributed by atoms with van der Waals surface area (Å²) >= 11 is 0. The zero-order valence-electron chi connectivity index (χ0n) is 13.1. The lowest BCUT2D eigenvalue weighted by Crippen LogP contribution is -2.47. The van der Waals surface area contributed by atoms with Crippen LogP contribution in [0.1, 0.15) is 17.5 Å². The summed E-state index contributed by atoms with van der Waals surface area (Å²) in [6.07, 6.45) is 0.275. The second kappa shape index (κ2) is 5.54. The summed E-state index contributed by atoms with van der Waals surface area (Å²) in [5.74, 6) is -1.26. The van der Waals surface area contributed by atoms with Gasteiger partial charge in [0.05, 0.1) is 13.2 Å². The van der Waals surface area contributed by atoms with Crippen molar-refractivity contribution in [1.82, 2.24) is 10.2 Å². The molecule has 0 unspecified atom stereocenters. The van der Waals surface area contributed by atoms with E-state index in [4.69, 9.17) is 4.74 Å². The first-order valence-corrected chi connectivity index (χ1v) is 7.81. The predicted molar refractivity (Wildman–Crippen MR) is 83.7 cm³/mol. The first-order chi connectivity index (χ1) is 12.0. The number of para-hydroxylation sites is 1. The van der Waals surface area contributed by atoms with E-state index < -0.39 is 29.1 Å². The molecular formula is C18H14F2N2O3. The minimum Gasteiger partial charge on any atom is -0.493 e. The number of halogens is 2. The molecule has 1 atom stereocenters. The van der Waals surface area contributed by atoms with Crippen LogP contribution in [0.3, 0.4) is 0 Å². The van der Waals surface area contributed by atoms with E-state index in [-0.39, 0.29) is 25.1 Å². The van der Waals surface area contributed by atoms with Crippen LogP contribution in [0.2, 0.25) is 0 Å². The van der Waals surface area contributed by atoms with Crippen LogP contribution in [0.15, 0.2) is 42.5 Å². The molecule has 0 aliphatic carbocycles. The molecule has 0 radical (unpaired) electrons. The number of hydrogen-bond donors (Lipinski definition) is 1. The highest BCUT2D eigenvalue weighted by Gasteiger charge is 2.54. The van der Waals surface area contributed by atoms with Gasteiger partial charge in [-0.15, -0.1) is 0 Å². The molecule has 5 nitrogen and oxygen atoms in total. The number of imide groups is 1. The maximum absolute atomic E-state index is 13.9. The number of nitrogens with one attached hydrogen (secondary N) is 1. The highest BCUT2D eigenvalue weighted by Crippen LogP contribution is 2.41. The van der Waals surface area contributed by atoms with E-state index in [1.165, 1.54) is 0 Å². The zero-order chi connectivity index (χ0) is 17.6. The van der Waals surface area contributed by atoms with Gasteiger partial charge in [-0.3, -0.25) is 9.69 Å². The predicted octanol–water partition coefficient (Wildman–Crippen LogP) is 2.69. The number of ether oxygens (including phenoxy) is 1. The monoisotopic (exact) mass is 344 g/mol. The third-order valence-corrected chi connectivity index (χ3v) is 4.59. The van der Waals surface area contributed by atoms with Crippen molar-refractivity contribution in [1.29, 1.82) is 0 Å². The van der Waals surface area contributed by atoms with E-state index in [2.05, 4.69) is 5.32 Å². The van der Waals surface area contributed by atoms with Crippen LogP contribution in [0.25, 0.3) is 0 Å². The average Bonchev–Trinajstić information content (AvgIpc) is 2.83. The fraction of sp³-hybridized carbons (Fsp3) is 0.222. The Bertz CT molecular complexity index is 886. The number of amides is 3. The van der Waals surface area contributed by atoms with Gasteiger partial charge in [-0.05, 0) is 24.3 Å². The SMILES string of the molecule is O=C1N[C@]2(CCOc3ccccc32)C(=O)N1Cc1cc(F)ccc1F. The van der Waals surface area contributed by atoms with Crippen molar-refractivity contribution in [2.75, 3.05) is 6.61 Å². The molecule has 4 rings (SSSR count). The third kappa shape index (κ3) is 2.34. The van der Waals surface area contributed by atoms with Crippen molar-refractivity contribution in [2.24, 2.45) is 0 Å². The number of benzene rings is 2. The number of nitrogens with zero attached hydrogens (tertiary/aromatic N) is 1. The molecule has 3 amide bonds. The molecule has 7 heteroatoms. The van der Waals surface area contributed by atoms with Crippen molar-refractivity contribution in [2.45, 2.75) is 18.5 Å². The lowest BCUT2D eigenvalue weighted by Gasteiger charge is -2.33. The summed E-state index contributed by atoms with van der Waals surface area (Å²) in [6.45, 7) is -0.0652. The van der Waals surface area contributed by atoms with Crippen molar-refractivity contribution in [3.8, 4) is 5.75 Å².